The maximum Gasteiger partial charge on any atom is 0.227 e. The molecule has 3 saturated heterocycles. The van der Waals surface area contributed by atoms with Crippen LogP contribution in [0, 0.1) is 18.3 Å². The molecule has 0 aromatic carbocycles. The molecule has 2 atom stereocenters. The van der Waals surface area contributed by atoms with Gasteiger partial charge in [-0.15, -0.1) is 0 Å². The summed E-state index contributed by atoms with van der Waals surface area (Å²) in [5, 5.41) is 10.0. The highest BCUT2D eigenvalue weighted by molar-refractivity contribution is 5.47. The standard InChI is InChI=1S/C18H28N4O2/c1-14-9-16(20-17(19-14)21-6-3-2-4-7-21)22-10-15-11-24-8-5-18(15,12-22)13-23/h9,15,23H,2-8,10-13H2,1H3/t15-,18-/m1/s1. The fraction of sp³-hybridized carbons (Fsp3) is 0.778. The van der Waals surface area contributed by atoms with Crippen molar-refractivity contribution in [2.45, 2.75) is 32.6 Å². The molecular formula is C18H28N4O2. The van der Waals surface area contributed by atoms with Gasteiger partial charge >= 0.3 is 0 Å². The van der Waals surface area contributed by atoms with Crippen LogP contribution >= 0.6 is 0 Å². The third-order valence-electron chi connectivity index (χ3n) is 5.98. The Balaban J connectivity index is 1.59. The molecule has 3 fully saturated rings. The Hall–Kier alpha value is -1.40. The minimum Gasteiger partial charge on any atom is -0.396 e. The lowest BCUT2D eigenvalue weighted by atomic mass is 9.75. The van der Waals surface area contributed by atoms with Gasteiger partial charge in [0.05, 0.1) is 13.2 Å². The van der Waals surface area contributed by atoms with Crippen molar-refractivity contribution in [2.24, 2.45) is 11.3 Å². The van der Waals surface area contributed by atoms with Gasteiger partial charge in [0, 0.05) is 55.9 Å². The molecule has 0 unspecified atom stereocenters. The molecule has 4 rings (SSSR count). The number of aromatic nitrogens is 2. The van der Waals surface area contributed by atoms with Crippen LogP contribution in [-0.4, -0.2) is 61.1 Å². The predicted molar refractivity (Wildman–Crippen MR) is 93.5 cm³/mol. The minimum atomic E-state index is -0.0254. The summed E-state index contributed by atoms with van der Waals surface area (Å²) in [5.41, 5.74) is 0.993. The van der Waals surface area contributed by atoms with Crippen LogP contribution in [0.2, 0.25) is 0 Å². The van der Waals surface area contributed by atoms with Gasteiger partial charge in [0.1, 0.15) is 5.82 Å². The van der Waals surface area contributed by atoms with Gasteiger partial charge in [0.2, 0.25) is 5.95 Å². The van der Waals surface area contributed by atoms with Crippen molar-refractivity contribution < 1.29 is 9.84 Å². The van der Waals surface area contributed by atoms with Gasteiger partial charge < -0.3 is 19.6 Å². The second-order valence-electron chi connectivity index (χ2n) is 7.64. The van der Waals surface area contributed by atoms with E-state index in [-0.39, 0.29) is 12.0 Å². The van der Waals surface area contributed by atoms with Crippen molar-refractivity contribution in [3.8, 4) is 0 Å². The van der Waals surface area contributed by atoms with Gasteiger partial charge in [-0.25, -0.2) is 4.98 Å². The third-order valence-corrected chi connectivity index (χ3v) is 5.98. The molecule has 0 spiro atoms. The fourth-order valence-electron chi connectivity index (χ4n) is 4.41. The van der Waals surface area contributed by atoms with E-state index in [0.717, 1.165) is 63.3 Å². The quantitative estimate of drug-likeness (QED) is 0.907. The van der Waals surface area contributed by atoms with Gasteiger partial charge in [-0.1, -0.05) is 0 Å². The highest BCUT2D eigenvalue weighted by Gasteiger charge is 2.48. The number of hydrogen-bond donors (Lipinski definition) is 1. The number of rotatable bonds is 3. The number of nitrogens with zero attached hydrogens (tertiary/aromatic N) is 4. The Morgan fingerprint density at radius 1 is 1.25 bits per heavy atom. The van der Waals surface area contributed by atoms with Gasteiger partial charge in [-0.2, -0.15) is 4.98 Å². The number of fused-ring (bicyclic) bond motifs is 1. The van der Waals surface area contributed by atoms with E-state index in [9.17, 15) is 5.11 Å². The molecule has 1 N–H and O–H groups in total. The van der Waals surface area contributed by atoms with Gasteiger partial charge in [-0.05, 0) is 32.6 Å². The minimum absolute atomic E-state index is 0.0254. The highest BCUT2D eigenvalue weighted by Crippen LogP contribution is 2.43. The van der Waals surface area contributed by atoms with E-state index in [1.807, 2.05) is 6.92 Å². The lowest BCUT2D eigenvalue weighted by Crippen LogP contribution is -2.41. The van der Waals surface area contributed by atoms with E-state index < -0.39 is 0 Å². The van der Waals surface area contributed by atoms with E-state index in [0.29, 0.717) is 5.92 Å². The zero-order valence-corrected chi connectivity index (χ0v) is 14.6. The monoisotopic (exact) mass is 332 g/mol. The summed E-state index contributed by atoms with van der Waals surface area (Å²) < 4.78 is 5.66. The largest absolute Gasteiger partial charge is 0.396 e. The average Bonchev–Trinajstić information content (AvgIpc) is 3.02. The molecule has 0 saturated carbocycles. The number of hydrogen-bond acceptors (Lipinski definition) is 6. The third kappa shape index (κ3) is 2.86. The summed E-state index contributed by atoms with van der Waals surface area (Å²) >= 11 is 0. The van der Waals surface area contributed by atoms with E-state index in [4.69, 9.17) is 9.72 Å². The van der Waals surface area contributed by atoms with Gasteiger partial charge in [0.15, 0.2) is 0 Å². The van der Waals surface area contributed by atoms with Crippen LogP contribution in [0.1, 0.15) is 31.4 Å². The SMILES string of the molecule is Cc1cc(N2C[C@@H]3COCC[C@]3(CO)C2)nc(N2CCCCC2)n1. The Kier molecular flexibility index (Phi) is 4.35. The summed E-state index contributed by atoms with van der Waals surface area (Å²) in [6, 6.07) is 2.08. The van der Waals surface area contributed by atoms with Crippen molar-refractivity contribution in [1.29, 1.82) is 0 Å². The molecule has 1 aromatic rings. The van der Waals surface area contributed by atoms with Gasteiger partial charge in [-0.3, -0.25) is 0 Å². The van der Waals surface area contributed by atoms with Crippen LogP contribution in [0.15, 0.2) is 6.07 Å². The molecule has 0 aliphatic carbocycles. The first kappa shape index (κ1) is 16.1. The Bertz CT molecular complexity index is 590. The van der Waals surface area contributed by atoms with E-state index >= 15 is 0 Å². The maximum absolute atomic E-state index is 10.0. The molecule has 4 heterocycles. The first-order valence-electron chi connectivity index (χ1n) is 9.24. The molecule has 1 aromatic heterocycles. The van der Waals surface area contributed by atoms with Crippen molar-refractivity contribution in [3.63, 3.8) is 0 Å². The number of aliphatic hydroxyl groups is 1. The van der Waals surface area contributed by atoms with Crippen LogP contribution in [0.5, 0.6) is 0 Å². The van der Waals surface area contributed by atoms with Crippen LogP contribution in [0.3, 0.4) is 0 Å². The number of ether oxygens (including phenoxy) is 1. The number of aliphatic hydroxyl groups excluding tert-OH is 1. The Labute approximate surface area is 143 Å². The second kappa shape index (κ2) is 6.48. The molecule has 0 amide bonds. The molecule has 132 valence electrons. The molecule has 3 aliphatic heterocycles. The maximum atomic E-state index is 10.0. The Morgan fingerprint density at radius 2 is 2.08 bits per heavy atom. The molecule has 24 heavy (non-hydrogen) atoms. The first-order valence-corrected chi connectivity index (χ1v) is 9.24. The highest BCUT2D eigenvalue weighted by atomic mass is 16.5. The molecule has 6 nitrogen and oxygen atoms in total. The number of piperidine rings is 1. The van der Waals surface area contributed by atoms with E-state index in [1.165, 1.54) is 19.3 Å². The second-order valence-corrected chi connectivity index (χ2v) is 7.64. The zero-order valence-electron chi connectivity index (χ0n) is 14.6. The summed E-state index contributed by atoms with van der Waals surface area (Å²) in [4.78, 5) is 14.2. The predicted octanol–water partition coefficient (Wildman–Crippen LogP) is 1.61. The lowest BCUT2D eigenvalue weighted by molar-refractivity contribution is -0.0410. The molecule has 0 bridgehead atoms. The van der Waals surface area contributed by atoms with E-state index in [1.54, 1.807) is 0 Å². The first-order chi connectivity index (χ1) is 11.7. The van der Waals surface area contributed by atoms with Crippen LogP contribution in [0.25, 0.3) is 0 Å². The molecular weight excluding hydrogens is 304 g/mol. The summed E-state index contributed by atoms with van der Waals surface area (Å²) in [5.74, 6) is 2.27. The van der Waals surface area contributed by atoms with Crippen molar-refractivity contribution in [1.82, 2.24) is 9.97 Å². The van der Waals surface area contributed by atoms with Gasteiger partial charge in [0.25, 0.3) is 0 Å². The fourth-order valence-corrected chi connectivity index (χ4v) is 4.41. The average molecular weight is 332 g/mol. The normalized spacial score (nSPS) is 30.5. The van der Waals surface area contributed by atoms with Crippen molar-refractivity contribution >= 4 is 11.8 Å². The van der Waals surface area contributed by atoms with Crippen LogP contribution in [-0.2, 0) is 4.74 Å². The zero-order chi connectivity index (χ0) is 16.6. The molecule has 6 heteroatoms. The van der Waals surface area contributed by atoms with E-state index in [2.05, 4.69) is 20.9 Å². The topological polar surface area (TPSA) is 61.7 Å². The number of anilines is 2. The Morgan fingerprint density at radius 3 is 2.83 bits per heavy atom. The molecule has 3 aliphatic rings. The van der Waals surface area contributed by atoms with Crippen molar-refractivity contribution in [2.75, 3.05) is 55.8 Å². The summed E-state index contributed by atoms with van der Waals surface area (Å²) in [6.45, 7) is 7.68. The summed E-state index contributed by atoms with van der Waals surface area (Å²) in [6.07, 6.45) is 4.70. The van der Waals surface area contributed by atoms with Crippen molar-refractivity contribution in [3.05, 3.63) is 11.8 Å². The smallest absolute Gasteiger partial charge is 0.227 e. The van der Waals surface area contributed by atoms with Crippen LogP contribution in [0.4, 0.5) is 11.8 Å². The molecule has 0 radical (unpaired) electrons. The van der Waals surface area contributed by atoms with Crippen LogP contribution < -0.4 is 9.80 Å². The number of aryl methyl sites for hydroxylation is 1. The summed E-state index contributed by atoms with van der Waals surface area (Å²) in [7, 11) is 0. The lowest BCUT2D eigenvalue weighted by Gasteiger charge is -2.36.